The second kappa shape index (κ2) is 4.28. The lowest BCUT2D eigenvalue weighted by Crippen LogP contribution is -2.25. The van der Waals surface area contributed by atoms with Crippen LogP contribution in [-0.4, -0.2) is 17.6 Å². The monoisotopic (exact) mass is 261 g/mol. The van der Waals surface area contributed by atoms with Crippen LogP contribution in [0.1, 0.15) is 28.1 Å². The van der Waals surface area contributed by atoms with Gasteiger partial charge in [0.1, 0.15) is 5.75 Å². The molecule has 0 spiro atoms. The zero-order valence-electron chi connectivity index (χ0n) is 10.2. The molecule has 4 heteroatoms. The van der Waals surface area contributed by atoms with E-state index in [0.717, 1.165) is 27.1 Å². The second-order valence-electron chi connectivity index (χ2n) is 4.87. The minimum atomic E-state index is 0.0105. The lowest BCUT2D eigenvalue weighted by Gasteiger charge is -2.04. The van der Waals surface area contributed by atoms with Crippen LogP contribution in [-0.2, 0) is 0 Å². The molecular weight excluding hydrogens is 246 g/mol. The van der Waals surface area contributed by atoms with Crippen LogP contribution in [0.15, 0.2) is 18.2 Å². The summed E-state index contributed by atoms with van der Waals surface area (Å²) in [6.07, 6.45) is 2.47. The summed E-state index contributed by atoms with van der Waals surface area (Å²) in [4.78, 5) is 13.2. The summed E-state index contributed by atoms with van der Waals surface area (Å²) in [5, 5.41) is 13.4. The number of benzene rings is 1. The van der Waals surface area contributed by atoms with Crippen molar-refractivity contribution in [3.05, 3.63) is 28.6 Å². The highest BCUT2D eigenvalue weighted by Crippen LogP contribution is 2.33. The smallest absolute Gasteiger partial charge is 0.253 e. The first-order chi connectivity index (χ1) is 8.65. The lowest BCUT2D eigenvalue weighted by atomic mass is 10.1. The van der Waals surface area contributed by atoms with Crippen molar-refractivity contribution in [1.82, 2.24) is 5.32 Å². The van der Waals surface area contributed by atoms with E-state index in [4.69, 9.17) is 0 Å². The van der Waals surface area contributed by atoms with Crippen molar-refractivity contribution in [3.8, 4) is 5.75 Å². The third-order valence-corrected chi connectivity index (χ3v) is 4.39. The summed E-state index contributed by atoms with van der Waals surface area (Å²) in [5.74, 6) is 0.938. The molecule has 1 heterocycles. The highest BCUT2D eigenvalue weighted by molar-refractivity contribution is 7.19. The van der Waals surface area contributed by atoms with Crippen LogP contribution in [0.5, 0.6) is 5.75 Å². The number of aromatic hydroxyl groups is 1. The third kappa shape index (κ3) is 2.08. The van der Waals surface area contributed by atoms with Crippen molar-refractivity contribution in [2.45, 2.75) is 19.8 Å². The van der Waals surface area contributed by atoms with E-state index < -0.39 is 0 Å². The number of phenolic OH excluding ortho intramolecular Hbond substituents is 1. The van der Waals surface area contributed by atoms with Gasteiger partial charge in [0.2, 0.25) is 0 Å². The van der Waals surface area contributed by atoms with Crippen molar-refractivity contribution in [2.24, 2.45) is 5.92 Å². The standard InChI is InChI=1S/C14H15NO2S/c1-8-13(14(17)15-7-9-2-3-9)11-5-4-10(16)6-12(11)18-8/h4-6,9,16H,2-3,7H2,1H3,(H,15,17). The molecule has 0 unspecified atom stereocenters. The zero-order valence-corrected chi connectivity index (χ0v) is 11.0. The SMILES string of the molecule is Cc1sc2cc(O)ccc2c1C(=O)NCC1CC1. The van der Waals surface area contributed by atoms with E-state index in [2.05, 4.69) is 5.32 Å². The molecule has 0 radical (unpaired) electrons. The van der Waals surface area contributed by atoms with E-state index in [0.29, 0.717) is 5.92 Å². The van der Waals surface area contributed by atoms with Gasteiger partial charge in [-0.2, -0.15) is 0 Å². The first-order valence-electron chi connectivity index (χ1n) is 6.15. The van der Waals surface area contributed by atoms with Crippen molar-refractivity contribution in [2.75, 3.05) is 6.54 Å². The summed E-state index contributed by atoms with van der Waals surface area (Å²) < 4.78 is 0.962. The van der Waals surface area contributed by atoms with Crippen LogP contribution in [0.2, 0.25) is 0 Å². The van der Waals surface area contributed by atoms with Gasteiger partial charge in [-0.3, -0.25) is 4.79 Å². The second-order valence-corrected chi connectivity index (χ2v) is 6.12. The van der Waals surface area contributed by atoms with Gasteiger partial charge in [-0.15, -0.1) is 11.3 Å². The number of hydrogen-bond acceptors (Lipinski definition) is 3. The molecule has 3 rings (SSSR count). The van der Waals surface area contributed by atoms with Crippen LogP contribution in [0.4, 0.5) is 0 Å². The Kier molecular flexibility index (Phi) is 2.74. The summed E-state index contributed by atoms with van der Waals surface area (Å²) in [6, 6.07) is 5.16. The van der Waals surface area contributed by atoms with Crippen LogP contribution in [0.3, 0.4) is 0 Å². The Morgan fingerprint density at radius 3 is 3.00 bits per heavy atom. The van der Waals surface area contributed by atoms with Crippen LogP contribution in [0, 0.1) is 12.8 Å². The van der Waals surface area contributed by atoms with Crippen LogP contribution < -0.4 is 5.32 Å². The molecule has 0 atom stereocenters. The molecule has 1 aliphatic rings. The Morgan fingerprint density at radius 1 is 1.50 bits per heavy atom. The number of aryl methyl sites for hydroxylation is 1. The molecule has 0 aliphatic heterocycles. The van der Waals surface area contributed by atoms with Crippen LogP contribution >= 0.6 is 11.3 Å². The van der Waals surface area contributed by atoms with E-state index >= 15 is 0 Å². The van der Waals surface area contributed by atoms with Gasteiger partial charge in [-0.05, 0) is 43.9 Å². The number of fused-ring (bicyclic) bond motifs is 1. The first-order valence-corrected chi connectivity index (χ1v) is 6.97. The molecule has 1 fully saturated rings. The molecule has 94 valence electrons. The predicted octanol–water partition coefficient (Wildman–Crippen LogP) is 3.06. The van der Waals surface area contributed by atoms with Gasteiger partial charge in [0, 0.05) is 21.5 Å². The molecule has 2 N–H and O–H groups in total. The van der Waals surface area contributed by atoms with E-state index in [1.165, 1.54) is 12.8 Å². The lowest BCUT2D eigenvalue weighted by molar-refractivity contribution is 0.0953. The van der Waals surface area contributed by atoms with E-state index in [9.17, 15) is 9.90 Å². The Hall–Kier alpha value is -1.55. The maximum absolute atomic E-state index is 12.2. The van der Waals surface area contributed by atoms with Crippen molar-refractivity contribution in [1.29, 1.82) is 0 Å². The molecule has 1 saturated carbocycles. The average molecular weight is 261 g/mol. The first kappa shape index (κ1) is 11.5. The maximum Gasteiger partial charge on any atom is 0.253 e. The fourth-order valence-electron chi connectivity index (χ4n) is 2.14. The van der Waals surface area contributed by atoms with Crippen molar-refractivity contribution in [3.63, 3.8) is 0 Å². The topological polar surface area (TPSA) is 49.3 Å². The Morgan fingerprint density at radius 2 is 2.28 bits per heavy atom. The van der Waals surface area contributed by atoms with Gasteiger partial charge in [-0.1, -0.05) is 0 Å². The van der Waals surface area contributed by atoms with Crippen molar-refractivity contribution >= 4 is 27.3 Å². The van der Waals surface area contributed by atoms with E-state index in [1.54, 1.807) is 23.5 Å². The number of carbonyl (C=O) groups excluding carboxylic acids is 1. The van der Waals surface area contributed by atoms with Gasteiger partial charge in [0.15, 0.2) is 0 Å². The normalized spacial score (nSPS) is 14.9. The molecule has 1 amide bonds. The highest BCUT2D eigenvalue weighted by Gasteiger charge is 2.23. The molecule has 3 nitrogen and oxygen atoms in total. The van der Waals surface area contributed by atoms with Gasteiger partial charge in [-0.25, -0.2) is 0 Å². The quantitative estimate of drug-likeness (QED) is 0.892. The van der Waals surface area contributed by atoms with Gasteiger partial charge >= 0.3 is 0 Å². The van der Waals surface area contributed by atoms with E-state index in [1.807, 2.05) is 13.0 Å². The number of phenols is 1. The number of thiophene rings is 1. The fourth-order valence-corrected chi connectivity index (χ4v) is 3.23. The zero-order chi connectivity index (χ0) is 12.7. The largest absolute Gasteiger partial charge is 0.508 e. The van der Waals surface area contributed by atoms with E-state index in [-0.39, 0.29) is 11.7 Å². The molecule has 1 aromatic carbocycles. The minimum absolute atomic E-state index is 0.0105. The molecule has 0 bridgehead atoms. The summed E-state index contributed by atoms with van der Waals surface area (Å²) in [5.41, 5.74) is 0.760. The number of hydrogen-bond donors (Lipinski definition) is 2. The van der Waals surface area contributed by atoms with Crippen molar-refractivity contribution < 1.29 is 9.90 Å². The number of rotatable bonds is 3. The molecule has 1 aliphatic carbocycles. The number of carbonyl (C=O) groups is 1. The molecule has 18 heavy (non-hydrogen) atoms. The number of nitrogens with one attached hydrogen (secondary N) is 1. The summed E-state index contributed by atoms with van der Waals surface area (Å²) in [7, 11) is 0. The van der Waals surface area contributed by atoms with Crippen LogP contribution in [0.25, 0.3) is 10.1 Å². The maximum atomic E-state index is 12.2. The highest BCUT2D eigenvalue weighted by atomic mass is 32.1. The summed E-state index contributed by atoms with van der Waals surface area (Å²) >= 11 is 1.55. The Labute approximate surface area is 109 Å². The summed E-state index contributed by atoms with van der Waals surface area (Å²) in [6.45, 7) is 2.74. The average Bonchev–Trinajstić information content (AvgIpc) is 3.08. The molecular formula is C14H15NO2S. The Balaban J connectivity index is 1.93. The minimum Gasteiger partial charge on any atom is -0.508 e. The molecule has 1 aromatic heterocycles. The third-order valence-electron chi connectivity index (χ3n) is 3.32. The Bertz CT molecular complexity index is 614. The molecule has 2 aromatic rings. The van der Waals surface area contributed by atoms with Gasteiger partial charge in [0.05, 0.1) is 5.56 Å². The van der Waals surface area contributed by atoms with Gasteiger partial charge in [0.25, 0.3) is 5.91 Å². The fraction of sp³-hybridized carbons (Fsp3) is 0.357. The molecule has 0 saturated heterocycles. The predicted molar refractivity (Wildman–Crippen MR) is 73.3 cm³/mol. The van der Waals surface area contributed by atoms with Gasteiger partial charge < -0.3 is 10.4 Å². The number of amides is 1.